The van der Waals surface area contributed by atoms with E-state index in [1.165, 1.54) is 44.6 Å². The molecule has 32 heavy (non-hydrogen) atoms. The molecule has 0 N–H and O–H groups in total. The van der Waals surface area contributed by atoms with Crippen LogP contribution in [0.15, 0.2) is 79.0 Å². The van der Waals surface area contributed by atoms with Crippen molar-refractivity contribution >= 4 is 5.78 Å². The van der Waals surface area contributed by atoms with Crippen molar-refractivity contribution in [3.63, 3.8) is 0 Å². The molecule has 1 aliphatic rings. The Morgan fingerprint density at radius 3 is 2.12 bits per heavy atom. The fraction of sp³-hybridized carbons (Fsp3) is 0.233. The molecule has 4 aromatic rings. The molecule has 0 saturated heterocycles. The number of Topliss-reactive ketones (excluding diaryl/α,β-unsaturated/α-hetero) is 1. The summed E-state index contributed by atoms with van der Waals surface area (Å²) < 4.78 is 2.46. The van der Waals surface area contributed by atoms with E-state index in [9.17, 15) is 4.79 Å². The van der Waals surface area contributed by atoms with E-state index in [0.717, 1.165) is 12.1 Å². The molecule has 0 aliphatic carbocycles. The van der Waals surface area contributed by atoms with E-state index in [0.29, 0.717) is 11.8 Å². The van der Waals surface area contributed by atoms with Crippen LogP contribution in [0.2, 0.25) is 0 Å². The van der Waals surface area contributed by atoms with Crippen molar-refractivity contribution in [2.45, 2.75) is 40.2 Å². The SMILES string of the molecule is CC(=O)c1cc(C)c2c(c1)[C@H](C(C)C)Cn1cc(-c3ccccc3)c(-c3ccccc3)c1-2. The Morgan fingerprint density at radius 1 is 0.906 bits per heavy atom. The molecule has 3 aromatic carbocycles. The van der Waals surface area contributed by atoms with Crippen LogP contribution < -0.4 is 0 Å². The molecule has 0 saturated carbocycles. The Kier molecular flexibility index (Phi) is 5.09. The molecule has 1 aliphatic heterocycles. The zero-order valence-electron chi connectivity index (χ0n) is 19.2. The molecular weight excluding hydrogens is 390 g/mol. The molecule has 0 radical (unpaired) electrons. The molecule has 0 spiro atoms. The van der Waals surface area contributed by atoms with Crippen LogP contribution in [0.4, 0.5) is 0 Å². The van der Waals surface area contributed by atoms with Gasteiger partial charge in [-0.2, -0.15) is 0 Å². The zero-order valence-corrected chi connectivity index (χ0v) is 19.2. The number of rotatable bonds is 4. The van der Waals surface area contributed by atoms with Gasteiger partial charge >= 0.3 is 0 Å². The number of aryl methyl sites for hydroxylation is 1. The smallest absolute Gasteiger partial charge is 0.159 e. The predicted molar refractivity (Wildman–Crippen MR) is 133 cm³/mol. The fourth-order valence-electron chi connectivity index (χ4n) is 5.22. The fourth-order valence-corrected chi connectivity index (χ4v) is 5.22. The van der Waals surface area contributed by atoms with E-state index in [1.807, 2.05) is 0 Å². The Bertz CT molecular complexity index is 1300. The number of carbonyl (C=O) groups is 1. The predicted octanol–water partition coefficient (Wildman–Crippen LogP) is 7.75. The third-order valence-electron chi connectivity index (χ3n) is 6.83. The number of nitrogens with zero attached hydrogens (tertiary/aromatic N) is 1. The van der Waals surface area contributed by atoms with E-state index in [4.69, 9.17) is 0 Å². The molecule has 2 nitrogen and oxygen atoms in total. The normalized spacial score (nSPS) is 14.8. The minimum absolute atomic E-state index is 0.132. The van der Waals surface area contributed by atoms with Gasteiger partial charge in [-0.05, 0) is 54.2 Å². The molecule has 0 amide bonds. The topological polar surface area (TPSA) is 22.0 Å². The maximum atomic E-state index is 12.3. The number of ketones is 1. The highest BCUT2D eigenvalue weighted by Crippen LogP contribution is 2.49. The summed E-state index contributed by atoms with van der Waals surface area (Å²) in [6.45, 7) is 9.32. The van der Waals surface area contributed by atoms with E-state index in [1.54, 1.807) is 6.92 Å². The van der Waals surface area contributed by atoms with Gasteiger partial charge in [0.05, 0.1) is 5.69 Å². The summed E-state index contributed by atoms with van der Waals surface area (Å²) in [5, 5.41) is 0. The van der Waals surface area contributed by atoms with Gasteiger partial charge in [0.25, 0.3) is 0 Å². The molecule has 2 heteroatoms. The first-order valence-electron chi connectivity index (χ1n) is 11.5. The molecule has 0 bridgehead atoms. The number of carbonyl (C=O) groups excluding carboxylic acids is 1. The third kappa shape index (κ3) is 3.31. The van der Waals surface area contributed by atoms with Crippen LogP contribution in [0, 0.1) is 12.8 Å². The Hall–Kier alpha value is -3.39. The summed E-state index contributed by atoms with van der Waals surface area (Å²) in [6, 6.07) is 25.6. The number of hydrogen-bond donors (Lipinski definition) is 0. The molecule has 0 fully saturated rings. The van der Waals surface area contributed by atoms with Gasteiger partial charge in [-0.15, -0.1) is 0 Å². The zero-order chi connectivity index (χ0) is 22.4. The number of aromatic nitrogens is 1. The minimum Gasteiger partial charge on any atom is -0.346 e. The number of fused-ring (bicyclic) bond motifs is 3. The van der Waals surface area contributed by atoms with Crippen LogP contribution in [0.1, 0.15) is 48.2 Å². The quantitative estimate of drug-likeness (QED) is 0.310. The molecule has 160 valence electrons. The second-order valence-corrected chi connectivity index (χ2v) is 9.31. The Morgan fingerprint density at radius 2 is 1.53 bits per heavy atom. The van der Waals surface area contributed by atoms with Crippen molar-refractivity contribution in [3.05, 3.63) is 95.7 Å². The van der Waals surface area contributed by atoms with Gasteiger partial charge in [0.15, 0.2) is 5.78 Å². The second-order valence-electron chi connectivity index (χ2n) is 9.31. The van der Waals surface area contributed by atoms with Gasteiger partial charge in [-0.1, -0.05) is 74.5 Å². The van der Waals surface area contributed by atoms with Gasteiger partial charge in [0.2, 0.25) is 0 Å². The van der Waals surface area contributed by atoms with E-state index < -0.39 is 0 Å². The van der Waals surface area contributed by atoms with Crippen molar-refractivity contribution in [3.8, 4) is 33.5 Å². The molecule has 1 aromatic heterocycles. The highest BCUT2D eigenvalue weighted by molar-refractivity contribution is 5.99. The molecule has 5 rings (SSSR count). The highest BCUT2D eigenvalue weighted by atomic mass is 16.1. The molecule has 0 unspecified atom stereocenters. The molecule has 1 atom stereocenters. The second kappa shape index (κ2) is 7.94. The van der Waals surface area contributed by atoms with Crippen LogP contribution in [-0.2, 0) is 6.54 Å². The van der Waals surface area contributed by atoms with Crippen molar-refractivity contribution in [1.29, 1.82) is 0 Å². The lowest BCUT2D eigenvalue weighted by Crippen LogP contribution is -2.22. The maximum absolute atomic E-state index is 12.3. The van der Waals surface area contributed by atoms with Gasteiger partial charge in [0, 0.05) is 40.9 Å². The Labute approximate surface area is 190 Å². The summed E-state index contributed by atoms with van der Waals surface area (Å²) >= 11 is 0. The monoisotopic (exact) mass is 419 g/mol. The highest BCUT2D eigenvalue weighted by Gasteiger charge is 2.32. The maximum Gasteiger partial charge on any atom is 0.159 e. The number of benzene rings is 3. The van der Waals surface area contributed by atoms with Gasteiger partial charge in [0.1, 0.15) is 0 Å². The van der Waals surface area contributed by atoms with E-state index in [2.05, 4.69) is 104 Å². The summed E-state index contributed by atoms with van der Waals surface area (Å²) in [6.07, 6.45) is 2.34. The summed E-state index contributed by atoms with van der Waals surface area (Å²) in [4.78, 5) is 12.3. The summed E-state index contributed by atoms with van der Waals surface area (Å²) in [5.41, 5.74) is 10.9. The Balaban J connectivity index is 1.87. The van der Waals surface area contributed by atoms with Crippen molar-refractivity contribution in [1.82, 2.24) is 4.57 Å². The largest absolute Gasteiger partial charge is 0.346 e. The van der Waals surface area contributed by atoms with Gasteiger partial charge in [-0.3, -0.25) is 4.79 Å². The third-order valence-corrected chi connectivity index (χ3v) is 6.83. The van der Waals surface area contributed by atoms with Crippen LogP contribution in [0.25, 0.3) is 33.5 Å². The first-order chi connectivity index (χ1) is 15.5. The average molecular weight is 420 g/mol. The summed E-state index contributed by atoms with van der Waals surface area (Å²) in [7, 11) is 0. The van der Waals surface area contributed by atoms with Crippen LogP contribution in [0.3, 0.4) is 0 Å². The van der Waals surface area contributed by atoms with Gasteiger partial charge < -0.3 is 4.57 Å². The van der Waals surface area contributed by atoms with Crippen LogP contribution in [0.5, 0.6) is 0 Å². The van der Waals surface area contributed by atoms with E-state index in [-0.39, 0.29) is 5.78 Å². The minimum atomic E-state index is 0.132. The van der Waals surface area contributed by atoms with E-state index >= 15 is 0 Å². The molecular formula is C30H29NO. The average Bonchev–Trinajstić information content (AvgIpc) is 3.18. The first-order valence-corrected chi connectivity index (χ1v) is 11.5. The lowest BCUT2D eigenvalue weighted by atomic mass is 9.78. The number of hydrogen-bond acceptors (Lipinski definition) is 1. The lowest BCUT2D eigenvalue weighted by molar-refractivity contribution is 0.101. The first kappa shape index (κ1) is 20.5. The van der Waals surface area contributed by atoms with Crippen LogP contribution in [-0.4, -0.2) is 10.4 Å². The van der Waals surface area contributed by atoms with Crippen molar-refractivity contribution < 1.29 is 4.79 Å². The van der Waals surface area contributed by atoms with Crippen molar-refractivity contribution in [2.24, 2.45) is 5.92 Å². The lowest BCUT2D eigenvalue weighted by Gasteiger charge is -2.32. The molecule has 2 heterocycles. The van der Waals surface area contributed by atoms with Crippen molar-refractivity contribution in [2.75, 3.05) is 0 Å². The van der Waals surface area contributed by atoms with Gasteiger partial charge in [-0.25, -0.2) is 0 Å². The van der Waals surface area contributed by atoms with Crippen LogP contribution >= 0.6 is 0 Å². The standard InChI is InChI=1S/C30H29NO/c1-19(2)26-17-31-18-27(22-11-7-5-8-12-22)29(23-13-9-6-10-14-23)30(31)28-20(3)15-24(21(4)32)16-25(26)28/h5-16,18-19,26H,17H2,1-4H3/t26-/m0/s1. The summed E-state index contributed by atoms with van der Waals surface area (Å²) in [5.74, 6) is 0.981.